The van der Waals surface area contributed by atoms with Gasteiger partial charge in [0.1, 0.15) is 0 Å². The average molecular weight is 292 g/mol. The number of benzene rings is 1. The molecule has 1 aliphatic rings. The number of halogens is 1. The molecule has 0 saturated heterocycles. The van der Waals surface area contributed by atoms with Gasteiger partial charge in [-0.2, -0.15) is 0 Å². The molecule has 2 rings (SSSR count). The van der Waals surface area contributed by atoms with Crippen LogP contribution in [-0.2, 0) is 9.53 Å². The Hall–Kier alpha value is -2.37. The highest BCUT2D eigenvalue weighted by Crippen LogP contribution is 2.28. The summed E-state index contributed by atoms with van der Waals surface area (Å²) in [5.74, 6) is -0.403. The largest absolute Gasteiger partial charge is 0.450 e. The molecule has 2 amide bonds. The van der Waals surface area contributed by atoms with Crippen LogP contribution in [0.3, 0.4) is 0 Å². The molecule has 112 valence electrons. The van der Waals surface area contributed by atoms with Crippen LogP contribution in [0.2, 0.25) is 0 Å². The molecule has 1 aliphatic heterocycles. The third-order valence-corrected chi connectivity index (χ3v) is 3.02. The van der Waals surface area contributed by atoms with E-state index in [4.69, 9.17) is 4.74 Å². The molecule has 21 heavy (non-hydrogen) atoms. The summed E-state index contributed by atoms with van der Waals surface area (Å²) in [4.78, 5) is 24.4. The van der Waals surface area contributed by atoms with Gasteiger partial charge < -0.3 is 4.74 Å². The molecule has 1 atom stereocenters. The molecule has 0 aromatic heterocycles. The number of amides is 2. The number of carbonyl (C=O) groups excluding carboxylic acids is 2. The lowest BCUT2D eigenvalue weighted by molar-refractivity contribution is -0.115. The van der Waals surface area contributed by atoms with Crippen molar-refractivity contribution in [2.24, 2.45) is 0 Å². The SMILES string of the molecule is CCOC(=O)Nc1cccc(N2C(=O)C=C(C)CC2F)c1. The fraction of sp³-hybridized carbons (Fsp3) is 0.333. The van der Waals surface area contributed by atoms with Crippen molar-refractivity contribution in [3.63, 3.8) is 0 Å². The molecule has 1 N–H and O–H groups in total. The van der Waals surface area contributed by atoms with Crippen molar-refractivity contribution in [2.45, 2.75) is 26.6 Å². The predicted octanol–water partition coefficient (Wildman–Crippen LogP) is 3.23. The smallest absolute Gasteiger partial charge is 0.411 e. The fourth-order valence-electron chi connectivity index (χ4n) is 2.14. The topological polar surface area (TPSA) is 58.6 Å². The summed E-state index contributed by atoms with van der Waals surface area (Å²) in [6.07, 6.45) is -0.393. The van der Waals surface area contributed by atoms with Crippen LogP contribution in [0.1, 0.15) is 20.3 Å². The highest BCUT2D eigenvalue weighted by atomic mass is 19.1. The van der Waals surface area contributed by atoms with E-state index >= 15 is 0 Å². The Morgan fingerprint density at radius 1 is 1.52 bits per heavy atom. The van der Waals surface area contributed by atoms with Gasteiger partial charge in [0.2, 0.25) is 0 Å². The number of rotatable bonds is 3. The van der Waals surface area contributed by atoms with Crippen molar-refractivity contribution in [1.29, 1.82) is 0 Å². The lowest BCUT2D eigenvalue weighted by atomic mass is 10.1. The monoisotopic (exact) mass is 292 g/mol. The van der Waals surface area contributed by atoms with Crippen LogP contribution in [0, 0.1) is 0 Å². The molecule has 0 spiro atoms. The summed E-state index contributed by atoms with van der Waals surface area (Å²) in [5.41, 5.74) is 1.55. The molecule has 0 radical (unpaired) electrons. The number of anilines is 2. The number of nitrogens with zero attached hydrogens (tertiary/aromatic N) is 1. The predicted molar refractivity (Wildman–Crippen MR) is 77.8 cm³/mol. The van der Waals surface area contributed by atoms with Crippen molar-refractivity contribution in [1.82, 2.24) is 0 Å². The van der Waals surface area contributed by atoms with Crippen molar-refractivity contribution >= 4 is 23.4 Å². The van der Waals surface area contributed by atoms with Gasteiger partial charge in [-0.15, -0.1) is 0 Å². The summed E-state index contributed by atoms with van der Waals surface area (Å²) in [5, 5.41) is 2.52. The first-order valence-electron chi connectivity index (χ1n) is 6.69. The molecule has 1 heterocycles. The van der Waals surface area contributed by atoms with E-state index in [1.807, 2.05) is 0 Å². The standard InChI is InChI=1S/C15H17FN2O3/c1-3-21-15(20)17-11-5-4-6-12(9-11)18-13(16)7-10(2)8-14(18)19/h4-6,8-9,13H,3,7H2,1-2H3,(H,17,20). The lowest BCUT2D eigenvalue weighted by Gasteiger charge is -2.29. The van der Waals surface area contributed by atoms with E-state index in [-0.39, 0.29) is 13.0 Å². The molecule has 0 bridgehead atoms. The van der Waals surface area contributed by atoms with Crippen LogP contribution in [-0.4, -0.2) is 24.9 Å². The minimum atomic E-state index is -1.40. The Morgan fingerprint density at radius 3 is 2.95 bits per heavy atom. The van der Waals surface area contributed by atoms with Gasteiger partial charge >= 0.3 is 6.09 Å². The zero-order valence-corrected chi connectivity index (χ0v) is 11.9. The van der Waals surface area contributed by atoms with Crippen LogP contribution in [0.4, 0.5) is 20.6 Å². The van der Waals surface area contributed by atoms with Gasteiger partial charge in [0, 0.05) is 23.9 Å². The number of hydrogen-bond acceptors (Lipinski definition) is 3. The normalized spacial score (nSPS) is 18.2. The second-order valence-electron chi connectivity index (χ2n) is 4.73. The van der Waals surface area contributed by atoms with Crippen LogP contribution in [0.5, 0.6) is 0 Å². The van der Waals surface area contributed by atoms with E-state index in [1.165, 1.54) is 12.1 Å². The number of nitrogens with one attached hydrogen (secondary N) is 1. The third-order valence-electron chi connectivity index (χ3n) is 3.02. The molecule has 1 aromatic rings. The lowest BCUT2D eigenvalue weighted by Crippen LogP contribution is -2.40. The van der Waals surface area contributed by atoms with Crippen LogP contribution >= 0.6 is 0 Å². The third kappa shape index (κ3) is 3.59. The molecule has 0 aliphatic carbocycles. The quantitative estimate of drug-likeness (QED) is 0.870. The highest BCUT2D eigenvalue weighted by molar-refractivity contribution is 6.03. The highest BCUT2D eigenvalue weighted by Gasteiger charge is 2.28. The molecule has 1 aromatic carbocycles. The Balaban J connectivity index is 2.21. The van der Waals surface area contributed by atoms with E-state index in [9.17, 15) is 14.0 Å². The molecule has 0 saturated carbocycles. The van der Waals surface area contributed by atoms with E-state index in [2.05, 4.69) is 5.32 Å². The number of hydrogen-bond donors (Lipinski definition) is 1. The van der Waals surface area contributed by atoms with Crippen molar-refractivity contribution in [3.8, 4) is 0 Å². The number of ether oxygens (including phenoxy) is 1. The first-order valence-corrected chi connectivity index (χ1v) is 6.69. The van der Waals surface area contributed by atoms with Gasteiger partial charge in [-0.3, -0.25) is 15.0 Å². The van der Waals surface area contributed by atoms with Crippen LogP contribution in [0.15, 0.2) is 35.9 Å². The second kappa shape index (κ2) is 6.39. The Kier molecular flexibility index (Phi) is 4.57. The Bertz CT molecular complexity index is 586. The van der Waals surface area contributed by atoms with E-state index < -0.39 is 18.3 Å². The van der Waals surface area contributed by atoms with Crippen LogP contribution < -0.4 is 10.2 Å². The summed E-state index contributed by atoms with van der Waals surface area (Å²) in [7, 11) is 0. The molecule has 6 heteroatoms. The Labute approximate surface area is 122 Å². The van der Waals surface area contributed by atoms with Gasteiger partial charge in [0.25, 0.3) is 5.91 Å². The van der Waals surface area contributed by atoms with Gasteiger partial charge in [-0.05, 0) is 32.0 Å². The number of alkyl halides is 1. The first kappa shape index (κ1) is 15.0. The van der Waals surface area contributed by atoms with E-state index in [0.29, 0.717) is 16.9 Å². The van der Waals surface area contributed by atoms with E-state index in [0.717, 1.165) is 4.90 Å². The average Bonchev–Trinajstić information content (AvgIpc) is 2.38. The summed E-state index contributed by atoms with van der Waals surface area (Å²) < 4.78 is 18.9. The molecular formula is C15H17FN2O3. The maximum Gasteiger partial charge on any atom is 0.411 e. The van der Waals surface area contributed by atoms with Gasteiger partial charge in [-0.1, -0.05) is 11.6 Å². The van der Waals surface area contributed by atoms with Gasteiger partial charge in [0.05, 0.1) is 6.61 Å². The van der Waals surface area contributed by atoms with Crippen LogP contribution in [0.25, 0.3) is 0 Å². The van der Waals surface area contributed by atoms with Crippen molar-refractivity contribution in [2.75, 3.05) is 16.8 Å². The van der Waals surface area contributed by atoms with E-state index in [1.54, 1.807) is 32.0 Å². The minimum Gasteiger partial charge on any atom is -0.450 e. The first-order chi connectivity index (χ1) is 10.0. The molecule has 5 nitrogen and oxygen atoms in total. The summed E-state index contributed by atoms with van der Waals surface area (Å²) in [6.45, 7) is 3.68. The Morgan fingerprint density at radius 2 is 2.29 bits per heavy atom. The summed E-state index contributed by atoms with van der Waals surface area (Å²) in [6, 6.07) is 6.44. The van der Waals surface area contributed by atoms with Crippen molar-refractivity contribution < 1.29 is 18.7 Å². The molecular weight excluding hydrogens is 275 g/mol. The number of carbonyl (C=O) groups is 2. The summed E-state index contributed by atoms with van der Waals surface area (Å²) >= 11 is 0. The van der Waals surface area contributed by atoms with Gasteiger partial charge in [-0.25, -0.2) is 9.18 Å². The van der Waals surface area contributed by atoms with Gasteiger partial charge in [0.15, 0.2) is 6.30 Å². The molecule has 0 fully saturated rings. The zero-order valence-electron chi connectivity index (χ0n) is 11.9. The fourth-order valence-corrected chi connectivity index (χ4v) is 2.14. The minimum absolute atomic E-state index is 0.182. The maximum absolute atomic E-state index is 14.1. The molecule has 1 unspecified atom stereocenters. The maximum atomic E-state index is 14.1. The zero-order chi connectivity index (χ0) is 15.4. The second-order valence-corrected chi connectivity index (χ2v) is 4.73. The van der Waals surface area contributed by atoms with Crippen molar-refractivity contribution in [3.05, 3.63) is 35.9 Å².